The summed E-state index contributed by atoms with van der Waals surface area (Å²) in [7, 11) is 1.80. The number of thiocarbonyl (C=S) groups is 1. The average Bonchev–Trinajstić information content (AvgIpc) is 2.29. The van der Waals surface area contributed by atoms with Crippen molar-refractivity contribution < 1.29 is 0 Å². The highest BCUT2D eigenvalue weighted by atomic mass is 32.1. The Kier molecular flexibility index (Phi) is 5.65. The molecule has 0 saturated carbocycles. The Morgan fingerprint density at radius 1 is 1.47 bits per heavy atom. The number of nitrogens with zero attached hydrogens (tertiary/aromatic N) is 1. The van der Waals surface area contributed by atoms with Gasteiger partial charge in [-0.25, -0.2) is 0 Å². The van der Waals surface area contributed by atoms with Crippen LogP contribution in [0.2, 0.25) is 0 Å². The van der Waals surface area contributed by atoms with Crippen molar-refractivity contribution in [1.82, 2.24) is 20.9 Å². The molecule has 0 fully saturated rings. The number of rotatable bonds is 5. The summed E-state index contributed by atoms with van der Waals surface area (Å²) in [5.74, 6) is 0. The molecule has 5 heteroatoms. The molecule has 0 bridgehead atoms. The zero-order chi connectivity index (χ0) is 10.9. The first-order valence-electron chi connectivity index (χ1n) is 4.88. The summed E-state index contributed by atoms with van der Waals surface area (Å²) < 4.78 is 0. The summed E-state index contributed by atoms with van der Waals surface area (Å²) in [6.45, 7) is 2.53. The van der Waals surface area contributed by atoms with Crippen molar-refractivity contribution in [2.45, 2.75) is 6.54 Å². The van der Waals surface area contributed by atoms with E-state index in [9.17, 15) is 0 Å². The molecule has 0 atom stereocenters. The summed E-state index contributed by atoms with van der Waals surface area (Å²) in [6.07, 6.45) is 3.63. The topological polar surface area (TPSA) is 49.0 Å². The second-order valence-electron chi connectivity index (χ2n) is 3.04. The minimum absolute atomic E-state index is 0.679. The highest BCUT2D eigenvalue weighted by Crippen LogP contribution is 1.93. The summed E-state index contributed by atoms with van der Waals surface area (Å²) in [4.78, 5) is 4.04. The number of aromatic nitrogens is 1. The van der Waals surface area contributed by atoms with Crippen molar-refractivity contribution in [3.63, 3.8) is 0 Å². The van der Waals surface area contributed by atoms with Crippen molar-refractivity contribution in [3.8, 4) is 0 Å². The molecular weight excluding hydrogens is 208 g/mol. The first-order valence-corrected chi connectivity index (χ1v) is 5.29. The van der Waals surface area contributed by atoms with Gasteiger partial charge in [0.1, 0.15) is 0 Å². The maximum Gasteiger partial charge on any atom is 0.166 e. The molecular formula is C10H16N4S. The Balaban J connectivity index is 2.05. The van der Waals surface area contributed by atoms with Crippen LogP contribution in [0.5, 0.6) is 0 Å². The number of hydrogen-bond acceptors (Lipinski definition) is 3. The molecule has 1 rings (SSSR count). The van der Waals surface area contributed by atoms with E-state index < -0.39 is 0 Å². The molecule has 0 radical (unpaired) electrons. The first kappa shape index (κ1) is 11.9. The second kappa shape index (κ2) is 7.14. The number of pyridine rings is 1. The first-order chi connectivity index (χ1) is 7.33. The van der Waals surface area contributed by atoms with Crippen LogP contribution in [-0.2, 0) is 6.54 Å². The molecule has 0 spiro atoms. The Labute approximate surface area is 95.5 Å². The summed E-state index contributed by atoms with van der Waals surface area (Å²) >= 11 is 4.94. The lowest BCUT2D eigenvalue weighted by atomic mass is 10.3. The molecule has 0 aliphatic rings. The lowest BCUT2D eigenvalue weighted by molar-refractivity contribution is 0.669. The molecule has 1 heterocycles. The average molecular weight is 224 g/mol. The molecule has 4 nitrogen and oxygen atoms in total. The molecule has 0 aliphatic heterocycles. The number of hydrogen-bond donors (Lipinski definition) is 3. The van der Waals surface area contributed by atoms with Crippen LogP contribution in [-0.4, -0.2) is 30.2 Å². The minimum Gasteiger partial charge on any atom is -0.366 e. The van der Waals surface area contributed by atoms with Gasteiger partial charge in [-0.05, 0) is 23.8 Å². The van der Waals surface area contributed by atoms with Gasteiger partial charge in [0.2, 0.25) is 0 Å². The lowest BCUT2D eigenvalue weighted by Gasteiger charge is -2.07. The minimum atomic E-state index is 0.679. The third kappa shape index (κ3) is 5.29. The van der Waals surface area contributed by atoms with Crippen molar-refractivity contribution in [2.75, 3.05) is 20.1 Å². The van der Waals surface area contributed by atoms with E-state index in [-0.39, 0.29) is 0 Å². The molecule has 0 amide bonds. The maximum atomic E-state index is 4.94. The van der Waals surface area contributed by atoms with Crippen LogP contribution in [0.4, 0.5) is 0 Å². The molecule has 15 heavy (non-hydrogen) atoms. The largest absolute Gasteiger partial charge is 0.366 e. The van der Waals surface area contributed by atoms with Gasteiger partial charge in [0.15, 0.2) is 5.11 Å². The van der Waals surface area contributed by atoms with Crippen LogP contribution in [0.15, 0.2) is 24.5 Å². The standard InChI is InChI=1S/C10H16N4S/c1-11-10(15)14-6-5-13-8-9-3-2-4-12-7-9/h2-4,7,13H,5-6,8H2,1H3,(H2,11,14,15). The third-order valence-electron chi connectivity index (χ3n) is 1.87. The molecule has 3 N–H and O–H groups in total. The van der Waals surface area contributed by atoms with E-state index >= 15 is 0 Å². The van der Waals surface area contributed by atoms with Gasteiger partial charge in [0.05, 0.1) is 0 Å². The Morgan fingerprint density at radius 3 is 3.00 bits per heavy atom. The van der Waals surface area contributed by atoms with Crippen LogP contribution in [0.1, 0.15) is 5.56 Å². The summed E-state index contributed by atoms with van der Waals surface area (Å²) in [5, 5.41) is 9.89. The fourth-order valence-corrected chi connectivity index (χ4v) is 1.19. The van der Waals surface area contributed by atoms with Gasteiger partial charge in [0.25, 0.3) is 0 Å². The van der Waals surface area contributed by atoms with Gasteiger partial charge < -0.3 is 16.0 Å². The van der Waals surface area contributed by atoms with Gasteiger partial charge in [-0.1, -0.05) is 6.07 Å². The summed E-state index contributed by atoms with van der Waals surface area (Å²) in [5.41, 5.74) is 1.19. The molecule has 0 aromatic carbocycles. The second-order valence-corrected chi connectivity index (χ2v) is 3.45. The monoisotopic (exact) mass is 224 g/mol. The van der Waals surface area contributed by atoms with Crippen molar-refractivity contribution >= 4 is 17.3 Å². The predicted molar refractivity (Wildman–Crippen MR) is 65.6 cm³/mol. The fraction of sp³-hybridized carbons (Fsp3) is 0.400. The Hall–Kier alpha value is -1.20. The zero-order valence-electron chi connectivity index (χ0n) is 8.79. The van der Waals surface area contributed by atoms with Crippen LogP contribution in [0.3, 0.4) is 0 Å². The van der Waals surface area contributed by atoms with E-state index in [4.69, 9.17) is 12.2 Å². The van der Waals surface area contributed by atoms with E-state index in [1.807, 2.05) is 18.3 Å². The lowest BCUT2D eigenvalue weighted by Crippen LogP contribution is -2.37. The van der Waals surface area contributed by atoms with E-state index in [1.165, 1.54) is 5.56 Å². The molecule has 1 aromatic rings. The molecule has 0 saturated heterocycles. The van der Waals surface area contributed by atoms with Crippen LogP contribution in [0.25, 0.3) is 0 Å². The van der Waals surface area contributed by atoms with Crippen LogP contribution < -0.4 is 16.0 Å². The molecule has 82 valence electrons. The Bertz CT molecular complexity index is 289. The van der Waals surface area contributed by atoms with E-state index in [0.29, 0.717) is 5.11 Å². The van der Waals surface area contributed by atoms with E-state index in [1.54, 1.807) is 13.2 Å². The van der Waals surface area contributed by atoms with Crippen LogP contribution in [0, 0.1) is 0 Å². The molecule has 1 aromatic heterocycles. The van der Waals surface area contributed by atoms with Crippen molar-refractivity contribution in [2.24, 2.45) is 0 Å². The third-order valence-corrected chi connectivity index (χ3v) is 2.21. The quantitative estimate of drug-likeness (QED) is 0.495. The fourth-order valence-electron chi connectivity index (χ4n) is 1.09. The van der Waals surface area contributed by atoms with Gasteiger partial charge in [0, 0.05) is 39.1 Å². The predicted octanol–water partition coefficient (Wildman–Crippen LogP) is 0.265. The molecule has 0 aliphatic carbocycles. The molecule has 0 unspecified atom stereocenters. The summed E-state index contributed by atoms with van der Waals surface area (Å²) in [6, 6.07) is 3.98. The highest BCUT2D eigenvalue weighted by molar-refractivity contribution is 7.80. The SMILES string of the molecule is CNC(=S)NCCNCc1cccnc1. The highest BCUT2D eigenvalue weighted by Gasteiger charge is 1.92. The van der Waals surface area contributed by atoms with Gasteiger partial charge in [-0.2, -0.15) is 0 Å². The maximum absolute atomic E-state index is 4.94. The van der Waals surface area contributed by atoms with Gasteiger partial charge in [-0.15, -0.1) is 0 Å². The normalized spacial score (nSPS) is 9.67. The zero-order valence-corrected chi connectivity index (χ0v) is 9.60. The van der Waals surface area contributed by atoms with Crippen molar-refractivity contribution in [1.29, 1.82) is 0 Å². The van der Waals surface area contributed by atoms with Crippen LogP contribution >= 0.6 is 12.2 Å². The van der Waals surface area contributed by atoms with Gasteiger partial charge in [-0.3, -0.25) is 4.98 Å². The Morgan fingerprint density at radius 2 is 2.33 bits per heavy atom. The number of nitrogens with one attached hydrogen (secondary N) is 3. The van der Waals surface area contributed by atoms with E-state index in [2.05, 4.69) is 20.9 Å². The smallest absolute Gasteiger partial charge is 0.166 e. The van der Waals surface area contributed by atoms with E-state index in [0.717, 1.165) is 19.6 Å². The van der Waals surface area contributed by atoms with Gasteiger partial charge >= 0.3 is 0 Å². The van der Waals surface area contributed by atoms with Crippen molar-refractivity contribution in [3.05, 3.63) is 30.1 Å².